The Morgan fingerprint density at radius 1 is 1.00 bits per heavy atom. The summed E-state index contributed by atoms with van der Waals surface area (Å²) < 4.78 is 1.73. The third-order valence-corrected chi connectivity index (χ3v) is 6.30. The molecule has 4 rings (SSSR count). The van der Waals surface area contributed by atoms with E-state index >= 15 is 0 Å². The quantitative estimate of drug-likeness (QED) is 0.336. The molecule has 1 N–H and O–H groups in total. The standard InChI is InChI=1S/C27H28N4O2S/c1-2-3-16-30(27(33)18-23-15-10-17-34-23)20-26(32)28-25-19-24(21-11-6-4-7-12-21)29-31(25)22-13-8-5-9-14-22/h4-15,17,19H,2-3,16,18,20H2,1H3,(H,28,32). The SMILES string of the molecule is CCCCN(CC(=O)Nc1cc(-c2ccccc2)nn1-c1ccccc1)C(=O)Cc1cccs1. The fourth-order valence-electron chi connectivity index (χ4n) is 3.66. The smallest absolute Gasteiger partial charge is 0.245 e. The first-order valence-electron chi connectivity index (χ1n) is 11.4. The van der Waals surface area contributed by atoms with Crippen molar-refractivity contribution in [2.75, 3.05) is 18.4 Å². The van der Waals surface area contributed by atoms with Crippen molar-refractivity contribution in [1.82, 2.24) is 14.7 Å². The van der Waals surface area contributed by atoms with Gasteiger partial charge in [0.1, 0.15) is 5.82 Å². The van der Waals surface area contributed by atoms with Gasteiger partial charge in [-0.1, -0.05) is 67.9 Å². The molecule has 0 radical (unpaired) electrons. The van der Waals surface area contributed by atoms with E-state index in [1.54, 1.807) is 20.9 Å². The maximum atomic E-state index is 13.1. The summed E-state index contributed by atoms with van der Waals surface area (Å²) in [6, 6.07) is 25.3. The van der Waals surface area contributed by atoms with Crippen molar-refractivity contribution < 1.29 is 9.59 Å². The maximum absolute atomic E-state index is 13.1. The molecule has 2 aromatic carbocycles. The number of para-hydroxylation sites is 1. The Kier molecular flexibility index (Phi) is 7.88. The summed E-state index contributed by atoms with van der Waals surface area (Å²) in [5, 5.41) is 9.69. The second kappa shape index (κ2) is 11.4. The van der Waals surface area contributed by atoms with Gasteiger partial charge in [0, 0.05) is 23.1 Å². The highest BCUT2D eigenvalue weighted by atomic mass is 32.1. The predicted octanol–water partition coefficient (Wildman–Crippen LogP) is 5.41. The number of thiophene rings is 1. The third kappa shape index (κ3) is 5.99. The lowest BCUT2D eigenvalue weighted by Gasteiger charge is -2.22. The average molecular weight is 473 g/mol. The molecule has 6 nitrogen and oxygen atoms in total. The van der Waals surface area contributed by atoms with Gasteiger partial charge >= 0.3 is 0 Å². The maximum Gasteiger partial charge on any atom is 0.245 e. The minimum Gasteiger partial charge on any atom is -0.333 e. The van der Waals surface area contributed by atoms with Gasteiger partial charge in [-0.15, -0.1) is 11.3 Å². The molecule has 0 fully saturated rings. The van der Waals surface area contributed by atoms with Crippen LogP contribution in [0.1, 0.15) is 24.6 Å². The van der Waals surface area contributed by atoms with Crippen LogP contribution in [-0.4, -0.2) is 39.6 Å². The van der Waals surface area contributed by atoms with E-state index < -0.39 is 0 Å². The van der Waals surface area contributed by atoms with Gasteiger partial charge < -0.3 is 10.2 Å². The van der Waals surface area contributed by atoms with Crippen LogP contribution >= 0.6 is 11.3 Å². The van der Waals surface area contributed by atoms with Gasteiger partial charge in [-0.25, -0.2) is 4.68 Å². The topological polar surface area (TPSA) is 67.2 Å². The number of unbranched alkanes of at least 4 members (excludes halogenated alkanes) is 1. The molecule has 0 aliphatic carbocycles. The summed E-state index contributed by atoms with van der Waals surface area (Å²) in [6.07, 6.45) is 2.12. The number of hydrogen-bond acceptors (Lipinski definition) is 4. The van der Waals surface area contributed by atoms with E-state index in [0.717, 1.165) is 34.7 Å². The van der Waals surface area contributed by atoms with Crippen LogP contribution in [0.25, 0.3) is 16.9 Å². The molecule has 174 valence electrons. The van der Waals surface area contributed by atoms with Crippen LogP contribution in [-0.2, 0) is 16.0 Å². The summed E-state index contributed by atoms with van der Waals surface area (Å²) >= 11 is 1.55. The van der Waals surface area contributed by atoms with E-state index in [1.807, 2.05) is 84.2 Å². The molecule has 4 aromatic rings. The molecule has 7 heteroatoms. The van der Waals surface area contributed by atoms with Crippen LogP contribution in [0, 0.1) is 0 Å². The van der Waals surface area contributed by atoms with Crippen LogP contribution in [0.5, 0.6) is 0 Å². The van der Waals surface area contributed by atoms with Crippen molar-refractivity contribution in [3.05, 3.63) is 89.1 Å². The Balaban J connectivity index is 1.54. The van der Waals surface area contributed by atoms with Crippen molar-refractivity contribution in [3.8, 4) is 16.9 Å². The van der Waals surface area contributed by atoms with Gasteiger partial charge in [0.25, 0.3) is 0 Å². The highest BCUT2D eigenvalue weighted by Crippen LogP contribution is 2.24. The van der Waals surface area contributed by atoms with Gasteiger partial charge in [-0.3, -0.25) is 9.59 Å². The molecule has 0 bridgehead atoms. The average Bonchev–Trinajstić information content (AvgIpc) is 3.53. The fraction of sp³-hybridized carbons (Fsp3) is 0.222. The molecule has 34 heavy (non-hydrogen) atoms. The van der Waals surface area contributed by atoms with Gasteiger partial charge in [0.15, 0.2) is 0 Å². The lowest BCUT2D eigenvalue weighted by atomic mass is 10.1. The second-order valence-electron chi connectivity index (χ2n) is 8.00. The van der Waals surface area contributed by atoms with E-state index in [1.165, 1.54) is 0 Å². The Bertz CT molecular complexity index is 1200. The van der Waals surface area contributed by atoms with Crippen molar-refractivity contribution >= 4 is 29.0 Å². The van der Waals surface area contributed by atoms with E-state index in [9.17, 15) is 9.59 Å². The zero-order valence-corrected chi connectivity index (χ0v) is 20.0. The number of rotatable bonds is 10. The number of nitrogens with one attached hydrogen (secondary N) is 1. The lowest BCUT2D eigenvalue weighted by molar-refractivity contribution is -0.134. The molecule has 0 aliphatic heterocycles. The summed E-state index contributed by atoms with van der Waals surface area (Å²) in [5.74, 6) is 0.288. The molecular formula is C27H28N4O2S. The Hall–Kier alpha value is -3.71. The number of hydrogen-bond donors (Lipinski definition) is 1. The first kappa shape index (κ1) is 23.4. The van der Waals surface area contributed by atoms with Crippen LogP contribution in [0.2, 0.25) is 0 Å². The number of benzene rings is 2. The van der Waals surface area contributed by atoms with Crippen molar-refractivity contribution in [2.45, 2.75) is 26.2 Å². The van der Waals surface area contributed by atoms with Crippen LogP contribution in [0.4, 0.5) is 5.82 Å². The predicted molar refractivity (Wildman–Crippen MR) is 137 cm³/mol. The Morgan fingerprint density at radius 2 is 1.74 bits per heavy atom. The van der Waals surface area contributed by atoms with E-state index in [0.29, 0.717) is 18.8 Å². The van der Waals surface area contributed by atoms with Crippen molar-refractivity contribution in [3.63, 3.8) is 0 Å². The number of anilines is 1. The molecule has 0 saturated carbocycles. The third-order valence-electron chi connectivity index (χ3n) is 5.42. The number of carbonyl (C=O) groups excluding carboxylic acids is 2. The molecular weight excluding hydrogens is 444 g/mol. The molecule has 0 unspecified atom stereocenters. The largest absolute Gasteiger partial charge is 0.333 e. The van der Waals surface area contributed by atoms with Gasteiger partial charge in [0.2, 0.25) is 11.8 Å². The van der Waals surface area contributed by atoms with E-state index in [4.69, 9.17) is 5.10 Å². The lowest BCUT2D eigenvalue weighted by Crippen LogP contribution is -2.39. The summed E-state index contributed by atoms with van der Waals surface area (Å²) in [6.45, 7) is 2.64. The number of nitrogens with zero attached hydrogens (tertiary/aromatic N) is 3. The normalized spacial score (nSPS) is 10.7. The zero-order valence-electron chi connectivity index (χ0n) is 19.2. The van der Waals surface area contributed by atoms with Gasteiger partial charge in [-0.05, 0) is 30.0 Å². The summed E-state index contributed by atoms with van der Waals surface area (Å²) in [5.41, 5.74) is 2.57. The molecule has 0 atom stereocenters. The second-order valence-corrected chi connectivity index (χ2v) is 9.03. The summed E-state index contributed by atoms with van der Waals surface area (Å²) in [7, 11) is 0. The Morgan fingerprint density at radius 3 is 2.41 bits per heavy atom. The first-order valence-corrected chi connectivity index (χ1v) is 12.3. The molecule has 0 spiro atoms. The minimum absolute atomic E-state index is 0.00481. The Labute approximate surface area is 203 Å². The number of aromatic nitrogens is 2. The molecule has 0 aliphatic rings. The molecule has 2 heterocycles. The first-order chi connectivity index (χ1) is 16.6. The molecule has 2 aromatic heterocycles. The minimum atomic E-state index is -0.243. The highest BCUT2D eigenvalue weighted by Gasteiger charge is 2.20. The highest BCUT2D eigenvalue weighted by molar-refractivity contribution is 7.10. The monoisotopic (exact) mass is 472 g/mol. The van der Waals surface area contributed by atoms with E-state index in [2.05, 4.69) is 12.2 Å². The number of carbonyl (C=O) groups is 2. The van der Waals surface area contributed by atoms with Crippen LogP contribution in [0.3, 0.4) is 0 Å². The van der Waals surface area contributed by atoms with Gasteiger partial charge in [-0.2, -0.15) is 5.10 Å². The van der Waals surface area contributed by atoms with Crippen molar-refractivity contribution in [1.29, 1.82) is 0 Å². The van der Waals surface area contributed by atoms with Crippen molar-refractivity contribution in [2.24, 2.45) is 0 Å². The summed E-state index contributed by atoms with van der Waals surface area (Å²) in [4.78, 5) is 28.6. The molecule has 2 amide bonds. The van der Waals surface area contributed by atoms with E-state index in [-0.39, 0.29) is 18.4 Å². The van der Waals surface area contributed by atoms with Crippen LogP contribution in [0.15, 0.2) is 84.2 Å². The van der Waals surface area contributed by atoms with Crippen LogP contribution < -0.4 is 5.32 Å². The van der Waals surface area contributed by atoms with Gasteiger partial charge in [0.05, 0.1) is 24.3 Å². The number of amides is 2. The fourth-order valence-corrected chi connectivity index (χ4v) is 4.35. The molecule has 0 saturated heterocycles. The zero-order chi connectivity index (χ0) is 23.8.